The van der Waals surface area contributed by atoms with Gasteiger partial charge in [-0.05, 0) is 56.7 Å². The minimum atomic E-state index is 0.135. The molecule has 3 heteroatoms. The molecular formula is C18H26N2O. The van der Waals surface area contributed by atoms with Crippen molar-refractivity contribution in [3.8, 4) is 0 Å². The molecule has 2 N–H and O–H groups in total. The van der Waals surface area contributed by atoms with E-state index in [1.54, 1.807) is 0 Å². The summed E-state index contributed by atoms with van der Waals surface area (Å²) in [7, 11) is 0. The van der Waals surface area contributed by atoms with Crippen LogP contribution in [0.2, 0.25) is 0 Å². The molecule has 0 aromatic heterocycles. The Bertz CT molecular complexity index is 526. The van der Waals surface area contributed by atoms with Crippen molar-refractivity contribution in [3.63, 3.8) is 0 Å². The van der Waals surface area contributed by atoms with Crippen LogP contribution in [0.5, 0.6) is 0 Å². The molecule has 1 aromatic rings. The first-order valence-corrected chi connectivity index (χ1v) is 8.31. The lowest BCUT2D eigenvalue weighted by Gasteiger charge is -2.37. The SMILES string of the molecule is Cc1ccc2c(c1)CCCN2C(=O)C1CCCCC1CN. The Morgan fingerprint density at radius 1 is 1.29 bits per heavy atom. The first kappa shape index (κ1) is 14.6. The summed E-state index contributed by atoms with van der Waals surface area (Å²) in [6.45, 7) is 3.63. The zero-order valence-corrected chi connectivity index (χ0v) is 13.0. The molecule has 0 saturated heterocycles. The van der Waals surface area contributed by atoms with Crippen LogP contribution >= 0.6 is 0 Å². The summed E-state index contributed by atoms with van der Waals surface area (Å²) in [5.74, 6) is 0.827. The van der Waals surface area contributed by atoms with Gasteiger partial charge >= 0.3 is 0 Å². The van der Waals surface area contributed by atoms with Crippen LogP contribution < -0.4 is 10.6 Å². The molecule has 2 unspecified atom stereocenters. The third-order valence-corrected chi connectivity index (χ3v) is 5.15. The van der Waals surface area contributed by atoms with E-state index in [1.165, 1.54) is 24.0 Å². The molecule has 0 spiro atoms. The highest BCUT2D eigenvalue weighted by Crippen LogP contribution is 2.35. The Kier molecular flexibility index (Phi) is 4.29. The fourth-order valence-electron chi connectivity index (χ4n) is 3.97. The van der Waals surface area contributed by atoms with Crippen molar-refractivity contribution >= 4 is 11.6 Å². The first-order chi connectivity index (χ1) is 10.2. The zero-order chi connectivity index (χ0) is 14.8. The number of benzene rings is 1. The molecule has 114 valence electrons. The normalized spacial score (nSPS) is 25.5. The lowest BCUT2D eigenvalue weighted by Crippen LogP contribution is -2.44. The molecule has 1 saturated carbocycles. The van der Waals surface area contributed by atoms with Gasteiger partial charge in [-0.25, -0.2) is 0 Å². The van der Waals surface area contributed by atoms with Crippen molar-refractivity contribution in [1.82, 2.24) is 0 Å². The molecule has 2 atom stereocenters. The van der Waals surface area contributed by atoms with Crippen LogP contribution in [-0.4, -0.2) is 19.0 Å². The number of nitrogens with two attached hydrogens (primary N) is 1. The van der Waals surface area contributed by atoms with Crippen LogP contribution in [0, 0.1) is 18.8 Å². The fraction of sp³-hybridized carbons (Fsp3) is 0.611. The Balaban J connectivity index is 1.85. The van der Waals surface area contributed by atoms with Crippen molar-refractivity contribution in [3.05, 3.63) is 29.3 Å². The van der Waals surface area contributed by atoms with Gasteiger partial charge in [0.2, 0.25) is 5.91 Å². The van der Waals surface area contributed by atoms with Gasteiger partial charge in [0.1, 0.15) is 0 Å². The topological polar surface area (TPSA) is 46.3 Å². The summed E-state index contributed by atoms with van der Waals surface area (Å²) < 4.78 is 0. The highest BCUT2D eigenvalue weighted by atomic mass is 16.2. The summed E-state index contributed by atoms with van der Waals surface area (Å²) >= 11 is 0. The van der Waals surface area contributed by atoms with Crippen molar-refractivity contribution in [2.45, 2.75) is 45.4 Å². The highest BCUT2D eigenvalue weighted by molar-refractivity contribution is 5.96. The summed E-state index contributed by atoms with van der Waals surface area (Å²) in [5, 5.41) is 0. The third-order valence-electron chi connectivity index (χ3n) is 5.15. The van der Waals surface area contributed by atoms with E-state index < -0.39 is 0 Å². The number of fused-ring (bicyclic) bond motifs is 1. The smallest absolute Gasteiger partial charge is 0.230 e. The maximum atomic E-state index is 13.0. The molecule has 1 heterocycles. The molecule has 1 aromatic carbocycles. The summed E-state index contributed by atoms with van der Waals surface area (Å²) in [6, 6.07) is 6.48. The molecule has 2 aliphatic rings. The molecule has 1 aliphatic heterocycles. The summed E-state index contributed by atoms with van der Waals surface area (Å²) in [4.78, 5) is 15.1. The van der Waals surface area contributed by atoms with E-state index in [1.807, 2.05) is 4.90 Å². The average molecular weight is 286 g/mol. The van der Waals surface area contributed by atoms with Gasteiger partial charge in [-0.2, -0.15) is 0 Å². The minimum Gasteiger partial charge on any atom is -0.330 e. The van der Waals surface area contributed by atoms with Gasteiger partial charge in [-0.3, -0.25) is 4.79 Å². The van der Waals surface area contributed by atoms with Gasteiger partial charge < -0.3 is 10.6 Å². The van der Waals surface area contributed by atoms with Gasteiger partial charge in [0.25, 0.3) is 0 Å². The molecule has 3 rings (SSSR count). The lowest BCUT2D eigenvalue weighted by atomic mass is 9.78. The van der Waals surface area contributed by atoms with E-state index in [-0.39, 0.29) is 5.92 Å². The largest absolute Gasteiger partial charge is 0.330 e. The van der Waals surface area contributed by atoms with Gasteiger partial charge in [-0.1, -0.05) is 30.5 Å². The monoisotopic (exact) mass is 286 g/mol. The maximum absolute atomic E-state index is 13.0. The Morgan fingerprint density at radius 2 is 2.10 bits per heavy atom. The molecular weight excluding hydrogens is 260 g/mol. The number of rotatable bonds is 2. The minimum absolute atomic E-state index is 0.135. The maximum Gasteiger partial charge on any atom is 0.230 e. The van der Waals surface area contributed by atoms with E-state index in [0.717, 1.165) is 37.9 Å². The second-order valence-corrected chi connectivity index (χ2v) is 6.61. The highest BCUT2D eigenvalue weighted by Gasteiger charge is 2.34. The second kappa shape index (κ2) is 6.18. The van der Waals surface area contributed by atoms with Gasteiger partial charge in [0, 0.05) is 18.2 Å². The number of amides is 1. The van der Waals surface area contributed by atoms with Crippen LogP contribution in [0.1, 0.15) is 43.2 Å². The number of hydrogen-bond donors (Lipinski definition) is 1. The lowest BCUT2D eigenvalue weighted by molar-refractivity contribution is -0.125. The molecule has 1 amide bonds. The molecule has 21 heavy (non-hydrogen) atoms. The van der Waals surface area contributed by atoms with E-state index in [4.69, 9.17) is 5.73 Å². The van der Waals surface area contributed by atoms with E-state index in [9.17, 15) is 4.79 Å². The Labute approximate surface area is 127 Å². The molecule has 1 fully saturated rings. The first-order valence-electron chi connectivity index (χ1n) is 8.31. The number of carbonyl (C=O) groups is 1. The second-order valence-electron chi connectivity index (χ2n) is 6.61. The molecule has 0 radical (unpaired) electrons. The Hall–Kier alpha value is -1.35. The third kappa shape index (κ3) is 2.84. The number of aryl methyl sites for hydroxylation is 2. The van der Waals surface area contributed by atoms with E-state index in [2.05, 4.69) is 25.1 Å². The molecule has 1 aliphatic carbocycles. The van der Waals surface area contributed by atoms with Gasteiger partial charge in [0.15, 0.2) is 0 Å². The molecule has 0 bridgehead atoms. The van der Waals surface area contributed by atoms with Crippen LogP contribution in [0.15, 0.2) is 18.2 Å². The van der Waals surface area contributed by atoms with Crippen molar-refractivity contribution in [1.29, 1.82) is 0 Å². The van der Waals surface area contributed by atoms with Gasteiger partial charge in [0.05, 0.1) is 0 Å². The Morgan fingerprint density at radius 3 is 2.90 bits per heavy atom. The molecule has 3 nitrogen and oxygen atoms in total. The standard InChI is InChI=1S/C18H26N2O/c1-13-8-9-17-14(11-13)6-4-10-20(17)18(21)16-7-3-2-5-15(16)12-19/h8-9,11,15-16H,2-7,10,12,19H2,1H3. The van der Waals surface area contributed by atoms with E-state index >= 15 is 0 Å². The van der Waals surface area contributed by atoms with Crippen molar-refractivity contribution in [2.75, 3.05) is 18.0 Å². The zero-order valence-electron chi connectivity index (χ0n) is 13.0. The summed E-state index contributed by atoms with van der Waals surface area (Å²) in [5.41, 5.74) is 9.65. The predicted octanol–water partition coefficient (Wildman–Crippen LogP) is 3.04. The predicted molar refractivity (Wildman–Crippen MR) is 86.4 cm³/mol. The average Bonchev–Trinajstić information content (AvgIpc) is 2.53. The number of nitrogens with zero attached hydrogens (tertiary/aromatic N) is 1. The summed E-state index contributed by atoms with van der Waals surface area (Å²) in [6.07, 6.45) is 6.68. The van der Waals surface area contributed by atoms with Crippen molar-refractivity contribution in [2.24, 2.45) is 17.6 Å². The number of carbonyl (C=O) groups excluding carboxylic acids is 1. The number of hydrogen-bond acceptors (Lipinski definition) is 2. The van der Waals surface area contributed by atoms with Crippen LogP contribution in [-0.2, 0) is 11.2 Å². The van der Waals surface area contributed by atoms with Crippen molar-refractivity contribution < 1.29 is 4.79 Å². The van der Waals surface area contributed by atoms with Crippen LogP contribution in [0.4, 0.5) is 5.69 Å². The number of anilines is 1. The van der Waals surface area contributed by atoms with Crippen LogP contribution in [0.3, 0.4) is 0 Å². The van der Waals surface area contributed by atoms with Gasteiger partial charge in [-0.15, -0.1) is 0 Å². The fourth-order valence-corrected chi connectivity index (χ4v) is 3.97. The van der Waals surface area contributed by atoms with Crippen LogP contribution in [0.25, 0.3) is 0 Å². The van der Waals surface area contributed by atoms with E-state index in [0.29, 0.717) is 18.4 Å². The quantitative estimate of drug-likeness (QED) is 0.908.